The Hall–Kier alpha value is -2.92. The molecule has 0 amide bonds. The molecule has 2 fully saturated rings. The minimum atomic E-state index is -0.354. The summed E-state index contributed by atoms with van der Waals surface area (Å²) in [5.74, 6) is 1.24. The van der Waals surface area contributed by atoms with Crippen molar-refractivity contribution < 1.29 is 9.13 Å². The summed E-state index contributed by atoms with van der Waals surface area (Å²) < 4.78 is 19.6. The number of para-hydroxylation sites is 1. The SMILES string of the molecule is N#Cc1cccc(F)c1N1CCN(c2nccc(N3CCOCC3)n2)CC1. The van der Waals surface area contributed by atoms with Crippen LogP contribution in [0.5, 0.6) is 0 Å². The zero-order valence-electron chi connectivity index (χ0n) is 15.0. The van der Waals surface area contributed by atoms with E-state index in [0.717, 1.165) is 18.9 Å². The van der Waals surface area contributed by atoms with Gasteiger partial charge in [0.25, 0.3) is 0 Å². The first kappa shape index (κ1) is 17.5. The van der Waals surface area contributed by atoms with Gasteiger partial charge in [-0.15, -0.1) is 0 Å². The van der Waals surface area contributed by atoms with Gasteiger partial charge in [-0.3, -0.25) is 0 Å². The van der Waals surface area contributed by atoms with E-state index in [0.29, 0.717) is 56.6 Å². The van der Waals surface area contributed by atoms with Crippen LogP contribution in [0.2, 0.25) is 0 Å². The molecule has 0 aliphatic carbocycles. The van der Waals surface area contributed by atoms with Gasteiger partial charge in [-0.1, -0.05) is 6.07 Å². The monoisotopic (exact) mass is 368 g/mol. The van der Waals surface area contributed by atoms with Crippen LogP contribution >= 0.6 is 0 Å². The van der Waals surface area contributed by atoms with E-state index in [9.17, 15) is 9.65 Å². The highest BCUT2D eigenvalue weighted by Gasteiger charge is 2.24. The smallest absolute Gasteiger partial charge is 0.227 e. The number of anilines is 3. The number of hydrogen-bond acceptors (Lipinski definition) is 7. The third kappa shape index (κ3) is 3.64. The van der Waals surface area contributed by atoms with E-state index in [-0.39, 0.29) is 5.82 Å². The van der Waals surface area contributed by atoms with Gasteiger partial charge in [-0.2, -0.15) is 10.2 Å². The Kier molecular flexibility index (Phi) is 5.03. The lowest BCUT2D eigenvalue weighted by Gasteiger charge is -2.37. The normalized spacial score (nSPS) is 17.7. The largest absolute Gasteiger partial charge is 0.378 e. The number of hydrogen-bond donors (Lipinski definition) is 0. The number of ether oxygens (including phenoxy) is 1. The molecule has 0 unspecified atom stereocenters. The van der Waals surface area contributed by atoms with Crippen molar-refractivity contribution in [1.29, 1.82) is 5.26 Å². The average molecular weight is 368 g/mol. The van der Waals surface area contributed by atoms with Crippen molar-refractivity contribution in [2.75, 3.05) is 67.2 Å². The van der Waals surface area contributed by atoms with Crippen LogP contribution in [-0.2, 0) is 4.74 Å². The van der Waals surface area contributed by atoms with Crippen molar-refractivity contribution in [1.82, 2.24) is 9.97 Å². The van der Waals surface area contributed by atoms with Crippen LogP contribution in [0.1, 0.15) is 5.56 Å². The Morgan fingerprint density at radius 1 is 0.963 bits per heavy atom. The highest BCUT2D eigenvalue weighted by atomic mass is 19.1. The molecular formula is C19H21FN6O. The second kappa shape index (κ2) is 7.76. The Labute approximate surface area is 157 Å². The number of piperazine rings is 1. The van der Waals surface area contributed by atoms with Gasteiger partial charge < -0.3 is 19.4 Å². The van der Waals surface area contributed by atoms with Crippen LogP contribution < -0.4 is 14.7 Å². The van der Waals surface area contributed by atoms with Crippen molar-refractivity contribution in [3.05, 3.63) is 41.8 Å². The Morgan fingerprint density at radius 3 is 2.44 bits per heavy atom. The second-order valence-corrected chi connectivity index (χ2v) is 6.54. The van der Waals surface area contributed by atoms with Crippen LogP contribution in [0.3, 0.4) is 0 Å². The van der Waals surface area contributed by atoms with Gasteiger partial charge in [0.1, 0.15) is 17.7 Å². The Balaban J connectivity index is 1.46. The summed E-state index contributed by atoms with van der Waals surface area (Å²) in [6, 6.07) is 8.63. The molecule has 3 heterocycles. The molecule has 0 N–H and O–H groups in total. The Bertz CT molecular complexity index is 840. The van der Waals surface area contributed by atoms with Crippen molar-refractivity contribution in [3.8, 4) is 6.07 Å². The number of aromatic nitrogens is 2. The first-order valence-electron chi connectivity index (χ1n) is 9.10. The van der Waals surface area contributed by atoms with E-state index in [4.69, 9.17) is 9.72 Å². The highest BCUT2D eigenvalue weighted by molar-refractivity contribution is 5.61. The summed E-state index contributed by atoms with van der Waals surface area (Å²) >= 11 is 0. The number of nitriles is 1. The zero-order chi connectivity index (χ0) is 18.6. The molecule has 2 aliphatic heterocycles. The van der Waals surface area contributed by atoms with Gasteiger partial charge in [-0.05, 0) is 18.2 Å². The fourth-order valence-electron chi connectivity index (χ4n) is 3.52. The van der Waals surface area contributed by atoms with Crippen LogP contribution in [0.25, 0.3) is 0 Å². The van der Waals surface area contributed by atoms with Crippen LogP contribution in [0.15, 0.2) is 30.5 Å². The quantitative estimate of drug-likeness (QED) is 0.816. The maximum atomic E-state index is 14.3. The van der Waals surface area contributed by atoms with Gasteiger partial charge in [0.15, 0.2) is 0 Å². The predicted octanol–water partition coefficient (Wildman–Crippen LogP) is 1.65. The fourth-order valence-corrected chi connectivity index (χ4v) is 3.52. The summed E-state index contributed by atoms with van der Waals surface area (Å²) in [6.45, 7) is 5.64. The molecule has 0 bridgehead atoms. The van der Waals surface area contributed by atoms with Gasteiger partial charge in [-0.25, -0.2) is 9.37 Å². The number of morpholine rings is 1. The number of nitrogens with zero attached hydrogens (tertiary/aromatic N) is 6. The van der Waals surface area contributed by atoms with Crippen LogP contribution in [0, 0.1) is 17.1 Å². The third-order valence-corrected chi connectivity index (χ3v) is 4.95. The van der Waals surface area contributed by atoms with Crippen molar-refractivity contribution in [3.63, 3.8) is 0 Å². The lowest BCUT2D eigenvalue weighted by Crippen LogP contribution is -2.47. The van der Waals surface area contributed by atoms with Crippen molar-refractivity contribution >= 4 is 17.5 Å². The van der Waals surface area contributed by atoms with Gasteiger partial charge in [0.05, 0.1) is 24.5 Å². The number of rotatable bonds is 3. The standard InChI is InChI=1S/C19H21FN6O/c20-16-3-1-2-15(14-21)18(16)25-6-8-26(9-7-25)19-22-5-4-17(23-19)24-10-12-27-13-11-24/h1-5H,6-13H2. The number of benzene rings is 1. The minimum Gasteiger partial charge on any atom is -0.378 e. The maximum Gasteiger partial charge on any atom is 0.227 e. The summed E-state index contributed by atoms with van der Waals surface area (Å²) in [4.78, 5) is 15.4. The molecule has 4 rings (SSSR count). The molecule has 2 aliphatic rings. The highest BCUT2D eigenvalue weighted by Crippen LogP contribution is 2.26. The third-order valence-electron chi connectivity index (χ3n) is 4.95. The lowest BCUT2D eigenvalue weighted by molar-refractivity contribution is 0.122. The van der Waals surface area contributed by atoms with Gasteiger partial charge in [0, 0.05) is 45.5 Å². The van der Waals surface area contributed by atoms with Crippen LogP contribution in [-0.4, -0.2) is 62.5 Å². The summed E-state index contributed by atoms with van der Waals surface area (Å²) in [6.07, 6.45) is 1.78. The molecule has 0 saturated carbocycles. The van der Waals surface area contributed by atoms with Crippen LogP contribution in [0.4, 0.5) is 21.8 Å². The zero-order valence-corrected chi connectivity index (χ0v) is 15.0. The molecule has 0 radical (unpaired) electrons. The molecule has 1 aromatic carbocycles. The topological polar surface area (TPSA) is 68.5 Å². The van der Waals surface area contributed by atoms with Gasteiger partial charge >= 0.3 is 0 Å². The molecule has 8 heteroatoms. The number of halogens is 1. The molecule has 7 nitrogen and oxygen atoms in total. The second-order valence-electron chi connectivity index (χ2n) is 6.54. The van der Waals surface area contributed by atoms with E-state index >= 15 is 0 Å². The van der Waals surface area contributed by atoms with E-state index in [2.05, 4.69) is 20.9 Å². The van der Waals surface area contributed by atoms with E-state index in [1.165, 1.54) is 6.07 Å². The van der Waals surface area contributed by atoms with E-state index in [1.807, 2.05) is 11.0 Å². The molecule has 27 heavy (non-hydrogen) atoms. The summed E-state index contributed by atoms with van der Waals surface area (Å²) in [7, 11) is 0. The molecule has 0 atom stereocenters. The summed E-state index contributed by atoms with van der Waals surface area (Å²) in [5, 5.41) is 9.27. The van der Waals surface area contributed by atoms with Crippen molar-refractivity contribution in [2.45, 2.75) is 0 Å². The predicted molar refractivity (Wildman–Crippen MR) is 101 cm³/mol. The molecule has 1 aromatic heterocycles. The molecule has 0 spiro atoms. The van der Waals surface area contributed by atoms with Crippen molar-refractivity contribution in [2.24, 2.45) is 0 Å². The first-order valence-corrected chi connectivity index (χ1v) is 9.10. The molecule has 2 saturated heterocycles. The fraction of sp³-hybridized carbons (Fsp3) is 0.421. The van der Waals surface area contributed by atoms with E-state index < -0.39 is 0 Å². The first-order chi connectivity index (χ1) is 13.3. The van der Waals surface area contributed by atoms with E-state index in [1.54, 1.807) is 18.3 Å². The lowest BCUT2D eigenvalue weighted by atomic mass is 10.1. The molecular weight excluding hydrogens is 347 g/mol. The van der Waals surface area contributed by atoms with Gasteiger partial charge in [0.2, 0.25) is 5.95 Å². The summed E-state index contributed by atoms with van der Waals surface area (Å²) in [5.41, 5.74) is 0.761. The maximum absolute atomic E-state index is 14.3. The molecule has 2 aromatic rings. The molecule has 140 valence electrons. The Morgan fingerprint density at radius 2 is 1.70 bits per heavy atom. The minimum absolute atomic E-state index is 0.354. The average Bonchev–Trinajstić information content (AvgIpc) is 2.74.